The number of halogens is 3. The first-order valence-corrected chi connectivity index (χ1v) is 7.01. The molecule has 21 heavy (non-hydrogen) atoms. The molecule has 1 aromatic heterocycles. The van der Waals surface area contributed by atoms with E-state index >= 15 is 0 Å². The van der Waals surface area contributed by atoms with Crippen LogP contribution in [0.1, 0.15) is 5.69 Å². The summed E-state index contributed by atoms with van der Waals surface area (Å²) in [7, 11) is -5.75. The van der Waals surface area contributed by atoms with Gasteiger partial charge in [-0.05, 0) is 25.1 Å². The van der Waals surface area contributed by atoms with Gasteiger partial charge in [-0.2, -0.15) is 21.6 Å². The van der Waals surface area contributed by atoms with Gasteiger partial charge in [-0.1, -0.05) is 12.1 Å². The topological polar surface area (TPSA) is 69.2 Å². The first-order valence-electron chi connectivity index (χ1n) is 5.60. The minimum atomic E-state index is -5.75. The quantitative estimate of drug-likeness (QED) is 0.643. The predicted molar refractivity (Wildman–Crippen MR) is 67.8 cm³/mol. The zero-order valence-electron chi connectivity index (χ0n) is 10.6. The Hall–Kier alpha value is -2.16. The zero-order valence-corrected chi connectivity index (χ0v) is 11.4. The fourth-order valence-electron chi connectivity index (χ4n) is 1.47. The number of alkyl halides is 3. The second kappa shape index (κ2) is 5.32. The Labute approximate surface area is 118 Å². The molecule has 0 bridgehead atoms. The van der Waals surface area contributed by atoms with Crippen LogP contribution in [-0.4, -0.2) is 23.9 Å². The van der Waals surface area contributed by atoms with E-state index in [9.17, 15) is 21.6 Å². The summed E-state index contributed by atoms with van der Waals surface area (Å²) in [4.78, 5) is 7.92. The lowest BCUT2D eigenvalue weighted by molar-refractivity contribution is -0.0499. The summed E-state index contributed by atoms with van der Waals surface area (Å²) in [5.41, 5.74) is -4.88. The molecule has 0 radical (unpaired) electrons. The molecule has 112 valence electrons. The van der Waals surface area contributed by atoms with Crippen molar-refractivity contribution >= 4 is 10.1 Å². The third-order valence-electron chi connectivity index (χ3n) is 2.41. The van der Waals surface area contributed by atoms with Gasteiger partial charge in [0.1, 0.15) is 0 Å². The summed E-state index contributed by atoms with van der Waals surface area (Å²) < 4.78 is 63.4. The highest BCUT2D eigenvalue weighted by molar-refractivity contribution is 7.88. The van der Waals surface area contributed by atoms with Gasteiger partial charge in [0, 0.05) is 11.9 Å². The Bertz CT molecular complexity index is 760. The molecule has 5 nitrogen and oxygen atoms in total. The number of para-hydroxylation sites is 1. The summed E-state index contributed by atoms with van der Waals surface area (Å²) in [6.45, 7) is 1.67. The zero-order chi connectivity index (χ0) is 15.7. The maximum atomic E-state index is 12.4. The maximum Gasteiger partial charge on any atom is 0.534 e. The van der Waals surface area contributed by atoms with Gasteiger partial charge in [-0.15, -0.1) is 0 Å². The minimum Gasteiger partial charge on any atom is -0.375 e. The van der Waals surface area contributed by atoms with E-state index in [1.165, 1.54) is 24.4 Å². The number of hydrogen-bond donors (Lipinski definition) is 0. The number of aromatic nitrogens is 2. The van der Waals surface area contributed by atoms with Gasteiger partial charge in [-0.25, -0.2) is 9.97 Å². The Balaban J connectivity index is 2.48. The molecule has 0 aliphatic carbocycles. The van der Waals surface area contributed by atoms with Crippen molar-refractivity contribution < 1.29 is 25.8 Å². The normalized spacial score (nSPS) is 12.2. The molecule has 1 heterocycles. The van der Waals surface area contributed by atoms with E-state index in [4.69, 9.17) is 0 Å². The fraction of sp³-hybridized carbons (Fsp3) is 0.167. The van der Waals surface area contributed by atoms with Crippen LogP contribution in [-0.2, 0) is 10.1 Å². The smallest absolute Gasteiger partial charge is 0.375 e. The van der Waals surface area contributed by atoms with Gasteiger partial charge in [0.25, 0.3) is 0 Å². The van der Waals surface area contributed by atoms with Gasteiger partial charge in [-0.3, -0.25) is 0 Å². The van der Waals surface area contributed by atoms with Crippen molar-refractivity contribution in [3.63, 3.8) is 0 Å². The molecular weight excluding hydrogens is 309 g/mol. The van der Waals surface area contributed by atoms with Crippen molar-refractivity contribution in [3.05, 3.63) is 42.2 Å². The number of hydrogen-bond acceptors (Lipinski definition) is 5. The standard InChI is InChI=1S/C12H9F3N2O3S/c1-8-6-7-16-11(17-8)9-4-2-3-5-10(9)20-21(18,19)12(13,14)15/h2-7H,1H3. The predicted octanol–water partition coefficient (Wildman–Crippen LogP) is 2.68. The molecule has 0 aliphatic rings. The summed E-state index contributed by atoms with van der Waals surface area (Å²) in [5, 5.41) is 0. The molecule has 2 rings (SSSR count). The Morgan fingerprint density at radius 3 is 2.43 bits per heavy atom. The van der Waals surface area contributed by atoms with E-state index in [-0.39, 0.29) is 11.4 Å². The molecule has 0 N–H and O–H groups in total. The van der Waals surface area contributed by atoms with Gasteiger partial charge in [0.05, 0.1) is 5.56 Å². The monoisotopic (exact) mass is 318 g/mol. The third-order valence-corrected chi connectivity index (χ3v) is 3.37. The van der Waals surface area contributed by atoms with E-state index < -0.39 is 21.4 Å². The summed E-state index contributed by atoms with van der Waals surface area (Å²) in [5.74, 6) is -0.414. The SMILES string of the molecule is Cc1ccnc(-c2ccccc2OS(=O)(=O)C(F)(F)F)n1. The first-order chi connectivity index (χ1) is 9.71. The molecule has 0 amide bonds. The molecule has 0 unspecified atom stereocenters. The molecule has 1 aromatic carbocycles. The molecule has 0 saturated carbocycles. The van der Waals surface area contributed by atoms with E-state index in [0.29, 0.717) is 5.69 Å². The average Bonchev–Trinajstić information content (AvgIpc) is 2.37. The largest absolute Gasteiger partial charge is 0.534 e. The highest BCUT2D eigenvalue weighted by Crippen LogP contribution is 2.32. The van der Waals surface area contributed by atoms with Gasteiger partial charge < -0.3 is 4.18 Å². The summed E-state index contributed by atoms with van der Waals surface area (Å²) in [6.07, 6.45) is 1.41. The second-order valence-electron chi connectivity index (χ2n) is 4.00. The Kier molecular flexibility index (Phi) is 3.86. The first kappa shape index (κ1) is 15.2. The number of benzene rings is 1. The van der Waals surface area contributed by atoms with Crippen molar-refractivity contribution in [2.45, 2.75) is 12.4 Å². The van der Waals surface area contributed by atoms with E-state index in [1.54, 1.807) is 13.0 Å². The van der Waals surface area contributed by atoms with Crippen LogP contribution in [0.3, 0.4) is 0 Å². The highest BCUT2D eigenvalue weighted by Gasteiger charge is 2.48. The van der Waals surface area contributed by atoms with E-state index in [2.05, 4.69) is 14.2 Å². The Morgan fingerprint density at radius 1 is 1.14 bits per heavy atom. The molecule has 0 atom stereocenters. The number of nitrogens with zero attached hydrogens (tertiary/aromatic N) is 2. The third kappa shape index (κ3) is 3.30. The second-order valence-corrected chi connectivity index (χ2v) is 5.54. The lowest BCUT2D eigenvalue weighted by Gasteiger charge is -2.12. The van der Waals surface area contributed by atoms with Crippen molar-refractivity contribution in [3.8, 4) is 17.1 Å². The van der Waals surface area contributed by atoms with Gasteiger partial charge >= 0.3 is 15.6 Å². The van der Waals surface area contributed by atoms with Crippen LogP contribution in [0.2, 0.25) is 0 Å². The van der Waals surface area contributed by atoms with Crippen LogP contribution in [0.5, 0.6) is 5.75 Å². The highest BCUT2D eigenvalue weighted by atomic mass is 32.2. The maximum absolute atomic E-state index is 12.4. The Morgan fingerprint density at radius 2 is 1.81 bits per heavy atom. The van der Waals surface area contributed by atoms with Gasteiger partial charge in [0.15, 0.2) is 11.6 Å². The molecule has 2 aromatic rings. The molecule has 0 fully saturated rings. The van der Waals surface area contributed by atoms with Crippen LogP contribution in [0, 0.1) is 6.92 Å². The van der Waals surface area contributed by atoms with E-state index in [1.807, 2.05) is 0 Å². The molecule has 0 spiro atoms. The van der Waals surface area contributed by atoms with Crippen LogP contribution in [0.25, 0.3) is 11.4 Å². The molecule has 0 aliphatic heterocycles. The fourth-order valence-corrected chi connectivity index (χ4v) is 1.94. The average molecular weight is 318 g/mol. The summed E-state index contributed by atoms with van der Waals surface area (Å²) in [6, 6.07) is 6.92. The van der Waals surface area contributed by atoms with Crippen molar-refractivity contribution in [1.82, 2.24) is 9.97 Å². The van der Waals surface area contributed by atoms with Crippen LogP contribution < -0.4 is 4.18 Å². The van der Waals surface area contributed by atoms with E-state index in [0.717, 1.165) is 6.07 Å². The van der Waals surface area contributed by atoms with Gasteiger partial charge in [0.2, 0.25) is 0 Å². The van der Waals surface area contributed by atoms with Crippen LogP contribution in [0.4, 0.5) is 13.2 Å². The van der Waals surface area contributed by atoms with Crippen molar-refractivity contribution in [2.75, 3.05) is 0 Å². The summed E-state index contributed by atoms with van der Waals surface area (Å²) >= 11 is 0. The lowest BCUT2D eigenvalue weighted by atomic mass is 10.2. The van der Waals surface area contributed by atoms with Crippen LogP contribution >= 0.6 is 0 Å². The van der Waals surface area contributed by atoms with Crippen molar-refractivity contribution in [1.29, 1.82) is 0 Å². The van der Waals surface area contributed by atoms with Crippen molar-refractivity contribution in [2.24, 2.45) is 0 Å². The number of aryl methyl sites for hydroxylation is 1. The molecule has 0 saturated heterocycles. The minimum absolute atomic E-state index is 0.0500. The van der Waals surface area contributed by atoms with Crippen LogP contribution in [0.15, 0.2) is 36.5 Å². The molecular formula is C12H9F3N2O3S. The number of rotatable bonds is 3. The molecule has 9 heteroatoms. The lowest BCUT2D eigenvalue weighted by Crippen LogP contribution is -2.28.